The van der Waals surface area contributed by atoms with Gasteiger partial charge in [-0.3, -0.25) is 14.4 Å². The average molecular weight is 859 g/mol. The van der Waals surface area contributed by atoms with Crippen LogP contribution in [0.2, 0.25) is 0 Å². The molecular formula is C56H90O6. The molecule has 6 heteroatoms. The second-order valence-corrected chi connectivity index (χ2v) is 16.1. The molecule has 0 saturated carbocycles. The molecule has 6 nitrogen and oxygen atoms in total. The van der Waals surface area contributed by atoms with E-state index in [-0.39, 0.29) is 31.1 Å². The first-order chi connectivity index (χ1) is 30.5. The molecule has 0 amide bonds. The number of rotatable bonds is 43. The third kappa shape index (κ3) is 47.1. The van der Waals surface area contributed by atoms with Crippen LogP contribution in [0.1, 0.15) is 207 Å². The number of ether oxygens (including phenoxy) is 3. The van der Waals surface area contributed by atoms with Gasteiger partial charge in [-0.25, -0.2) is 0 Å². The summed E-state index contributed by atoms with van der Waals surface area (Å²) in [5.41, 5.74) is 0. The first-order valence-corrected chi connectivity index (χ1v) is 25.0. The van der Waals surface area contributed by atoms with E-state index in [0.717, 1.165) is 122 Å². The number of carbonyl (C=O) groups excluding carboxylic acids is 3. The van der Waals surface area contributed by atoms with Crippen molar-refractivity contribution in [3.63, 3.8) is 0 Å². The van der Waals surface area contributed by atoms with Crippen LogP contribution in [0.4, 0.5) is 0 Å². The molecule has 0 heterocycles. The summed E-state index contributed by atoms with van der Waals surface area (Å²) in [5, 5.41) is 0. The minimum atomic E-state index is -0.808. The van der Waals surface area contributed by atoms with Crippen molar-refractivity contribution in [2.75, 3.05) is 13.2 Å². The number of esters is 3. The maximum absolute atomic E-state index is 12.8. The molecule has 0 radical (unpaired) electrons. The second-order valence-electron chi connectivity index (χ2n) is 16.1. The van der Waals surface area contributed by atoms with Gasteiger partial charge in [0.25, 0.3) is 0 Å². The Balaban J connectivity index is 4.52. The van der Waals surface area contributed by atoms with E-state index >= 15 is 0 Å². The van der Waals surface area contributed by atoms with Gasteiger partial charge in [-0.05, 0) is 83.5 Å². The maximum atomic E-state index is 12.8. The van der Waals surface area contributed by atoms with Crippen LogP contribution in [-0.2, 0) is 28.6 Å². The Hall–Kier alpha value is -3.93. The quantitative estimate of drug-likeness (QED) is 0.0200. The Morgan fingerprint density at radius 3 is 1.05 bits per heavy atom. The van der Waals surface area contributed by atoms with E-state index in [0.29, 0.717) is 19.3 Å². The van der Waals surface area contributed by atoms with Crippen molar-refractivity contribution in [3.8, 4) is 0 Å². The van der Waals surface area contributed by atoms with E-state index in [1.165, 1.54) is 44.9 Å². The number of unbranched alkanes of at least 4 members (excludes halogenated alkanes) is 20. The van der Waals surface area contributed by atoms with Gasteiger partial charge in [0.05, 0.1) is 0 Å². The van der Waals surface area contributed by atoms with Crippen molar-refractivity contribution in [3.05, 3.63) is 109 Å². The highest BCUT2D eigenvalue weighted by atomic mass is 16.6. The molecule has 0 rings (SSSR count). The zero-order chi connectivity index (χ0) is 45.1. The lowest BCUT2D eigenvalue weighted by molar-refractivity contribution is -0.167. The molecule has 0 aliphatic rings. The minimum absolute atomic E-state index is 0.106. The van der Waals surface area contributed by atoms with Crippen LogP contribution in [0.5, 0.6) is 0 Å². The van der Waals surface area contributed by atoms with Crippen molar-refractivity contribution in [2.45, 2.75) is 213 Å². The molecule has 0 spiro atoms. The van der Waals surface area contributed by atoms with Gasteiger partial charge in [-0.1, -0.05) is 214 Å². The summed E-state index contributed by atoms with van der Waals surface area (Å²) in [4.78, 5) is 37.9. The predicted octanol–water partition coefficient (Wildman–Crippen LogP) is 16.4. The van der Waals surface area contributed by atoms with Crippen LogP contribution in [0.15, 0.2) is 109 Å². The van der Waals surface area contributed by atoms with Crippen molar-refractivity contribution >= 4 is 17.9 Å². The fraction of sp³-hybridized carbons (Fsp3) is 0.625. The molecule has 0 aromatic carbocycles. The fourth-order valence-corrected chi connectivity index (χ4v) is 6.46. The van der Waals surface area contributed by atoms with Crippen LogP contribution in [0, 0.1) is 0 Å². The van der Waals surface area contributed by atoms with E-state index in [2.05, 4.69) is 81.5 Å². The Labute approximate surface area is 380 Å². The van der Waals surface area contributed by atoms with Crippen LogP contribution >= 0.6 is 0 Å². The molecule has 0 saturated heterocycles. The van der Waals surface area contributed by atoms with Crippen molar-refractivity contribution in [1.29, 1.82) is 0 Å². The normalized spacial score (nSPS) is 13.0. The van der Waals surface area contributed by atoms with E-state index in [9.17, 15) is 14.4 Å². The summed E-state index contributed by atoms with van der Waals surface area (Å²) in [7, 11) is 0. The molecular weight excluding hydrogens is 769 g/mol. The van der Waals surface area contributed by atoms with Crippen LogP contribution in [0.3, 0.4) is 0 Å². The summed E-state index contributed by atoms with van der Waals surface area (Å²) in [6, 6.07) is 0. The van der Waals surface area contributed by atoms with Gasteiger partial charge in [0.15, 0.2) is 6.10 Å². The first kappa shape index (κ1) is 58.1. The van der Waals surface area contributed by atoms with E-state index < -0.39 is 6.10 Å². The molecule has 1 atom stereocenters. The number of allylic oxidation sites excluding steroid dienone is 18. The van der Waals surface area contributed by atoms with Gasteiger partial charge in [0.2, 0.25) is 0 Å². The van der Waals surface area contributed by atoms with E-state index in [4.69, 9.17) is 14.2 Å². The topological polar surface area (TPSA) is 78.9 Å². The largest absolute Gasteiger partial charge is 0.462 e. The third-order valence-electron chi connectivity index (χ3n) is 10.2. The van der Waals surface area contributed by atoms with Crippen LogP contribution in [-0.4, -0.2) is 37.2 Å². The summed E-state index contributed by atoms with van der Waals surface area (Å²) >= 11 is 0. The number of carbonyl (C=O) groups is 3. The number of hydrogen-bond acceptors (Lipinski definition) is 6. The van der Waals surface area contributed by atoms with Crippen LogP contribution < -0.4 is 0 Å². The minimum Gasteiger partial charge on any atom is -0.462 e. The molecule has 0 N–H and O–H groups in total. The lowest BCUT2D eigenvalue weighted by atomic mass is 10.1. The molecule has 0 fully saturated rings. The third-order valence-corrected chi connectivity index (χ3v) is 10.2. The highest BCUT2D eigenvalue weighted by molar-refractivity contribution is 5.71. The summed E-state index contributed by atoms with van der Waals surface area (Å²) < 4.78 is 16.7. The SMILES string of the molecule is CC\C=C/C=C\C=C/C=C\CCCCCCCC(=O)OCC(COC(=O)CCCCC/C=C\CCCCCCCCC)OC(=O)CCCCCCC\C=C/C=C\C=C/C=C\CC. The Bertz CT molecular complexity index is 1310. The molecule has 62 heavy (non-hydrogen) atoms. The van der Waals surface area contributed by atoms with Gasteiger partial charge in [0.1, 0.15) is 13.2 Å². The van der Waals surface area contributed by atoms with Crippen molar-refractivity contribution < 1.29 is 28.6 Å². The average Bonchev–Trinajstić information content (AvgIpc) is 3.27. The Kier molecular flexibility index (Phi) is 46.6. The van der Waals surface area contributed by atoms with Crippen LogP contribution in [0.25, 0.3) is 0 Å². The smallest absolute Gasteiger partial charge is 0.306 e. The van der Waals surface area contributed by atoms with Gasteiger partial charge < -0.3 is 14.2 Å². The number of hydrogen-bond donors (Lipinski definition) is 0. The zero-order valence-corrected chi connectivity index (χ0v) is 39.8. The van der Waals surface area contributed by atoms with Crippen molar-refractivity contribution in [1.82, 2.24) is 0 Å². The van der Waals surface area contributed by atoms with E-state index in [1.54, 1.807) is 0 Å². The molecule has 0 bridgehead atoms. The Morgan fingerprint density at radius 1 is 0.339 bits per heavy atom. The molecule has 0 aliphatic carbocycles. The first-order valence-electron chi connectivity index (χ1n) is 25.0. The van der Waals surface area contributed by atoms with Gasteiger partial charge in [0, 0.05) is 19.3 Å². The predicted molar refractivity (Wildman–Crippen MR) is 265 cm³/mol. The molecule has 0 aromatic rings. The Morgan fingerprint density at radius 2 is 0.645 bits per heavy atom. The second kappa shape index (κ2) is 49.7. The summed E-state index contributed by atoms with van der Waals surface area (Å²) in [6.45, 7) is 6.29. The molecule has 350 valence electrons. The molecule has 1 unspecified atom stereocenters. The molecule has 0 aliphatic heterocycles. The van der Waals surface area contributed by atoms with E-state index in [1.807, 2.05) is 48.6 Å². The van der Waals surface area contributed by atoms with Gasteiger partial charge in [-0.15, -0.1) is 0 Å². The van der Waals surface area contributed by atoms with Crippen molar-refractivity contribution in [2.24, 2.45) is 0 Å². The molecule has 0 aromatic heterocycles. The highest BCUT2D eigenvalue weighted by Crippen LogP contribution is 2.13. The fourth-order valence-electron chi connectivity index (χ4n) is 6.46. The standard InChI is InChI=1S/C56H90O6/c1-4-7-10-13-16-19-22-25-28-31-34-37-40-43-46-49-55(58)61-52-53(51-60-54(57)48-45-42-39-36-33-30-27-24-21-18-15-12-9-6-3)62-56(59)50-47-44-41-38-35-32-29-26-23-20-17-14-11-8-5-2/h7-8,10-11,13-14,16-17,19-20,22-23,25-26,28-30,33,53H,4-6,9,12,15,18,21,24,27,31-32,34-52H2,1-3H3/b10-7-,11-8-,16-13-,17-14-,22-19-,23-20-,28-25-,29-26-,33-30-. The lowest BCUT2D eigenvalue weighted by Crippen LogP contribution is -2.30. The summed E-state index contributed by atoms with van der Waals surface area (Å²) in [6.07, 6.45) is 66.4. The lowest BCUT2D eigenvalue weighted by Gasteiger charge is -2.18. The summed E-state index contributed by atoms with van der Waals surface area (Å²) in [5.74, 6) is -0.974. The maximum Gasteiger partial charge on any atom is 0.306 e. The van der Waals surface area contributed by atoms with Gasteiger partial charge >= 0.3 is 17.9 Å². The van der Waals surface area contributed by atoms with Gasteiger partial charge in [-0.2, -0.15) is 0 Å². The monoisotopic (exact) mass is 859 g/mol. The zero-order valence-electron chi connectivity index (χ0n) is 39.8. The highest BCUT2D eigenvalue weighted by Gasteiger charge is 2.19.